The Hall–Kier alpha value is -2.92. The van der Waals surface area contributed by atoms with Crippen LogP contribution in [0.5, 0.6) is 5.88 Å². The summed E-state index contributed by atoms with van der Waals surface area (Å²) in [5, 5.41) is 4.25. The number of primary amides is 1. The number of pyridine rings is 1. The molecule has 0 aliphatic rings. The first-order valence-corrected chi connectivity index (χ1v) is 7.69. The van der Waals surface area contributed by atoms with Crippen molar-refractivity contribution in [3.63, 3.8) is 0 Å². The third-order valence-corrected chi connectivity index (χ3v) is 3.90. The lowest BCUT2D eigenvalue weighted by molar-refractivity contribution is -0.120. The molecule has 122 valence electrons. The molecule has 5 heteroatoms. The van der Waals surface area contributed by atoms with Crippen molar-refractivity contribution in [2.75, 3.05) is 7.11 Å². The summed E-state index contributed by atoms with van der Waals surface area (Å²) in [7, 11) is 1.59. The van der Waals surface area contributed by atoms with E-state index in [0.29, 0.717) is 12.4 Å². The van der Waals surface area contributed by atoms with Gasteiger partial charge in [-0.05, 0) is 17.2 Å². The van der Waals surface area contributed by atoms with Gasteiger partial charge >= 0.3 is 0 Å². The standard InChI is InChI=1S/C19H19N3O2/c1-24-17-11-14(15-9-5-6-10-16(15)22-17)12-21-18(19(20)23)13-7-3-2-4-8-13/h2-11,18,21H,12H2,1H3,(H2,20,23)/t18-/m1/s1. The summed E-state index contributed by atoms with van der Waals surface area (Å²) in [6.07, 6.45) is 0. The minimum atomic E-state index is -0.552. The van der Waals surface area contributed by atoms with Crippen LogP contribution in [-0.4, -0.2) is 18.0 Å². The Morgan fingerprint density at radius 3 is 2.58 bits per heavy atom. The van der Waals surface area contributed by atoms with Crippen LogP contribution >= 0.6 is 0 Å². The Kier molecular flexibility index (Phi) is 4.72. The first-order valence-electron chi connectivity index (χ1n) is 7.69. The van der Waals surface area contributed by atoms with Crippen LogP contribution in [0.25, 0.3) is 10.9 Å². The number of carbonyl (C=O) groups excluding carboxylic acids is 1. The van der Waals surface area contributed by atoms with Crippen molar-refractivity contribution in [3.8, 4) is 5.88 Å². The average molecular weight is 321 g/mol. The molecule has 0 aliphatic carbocycles. The zero-order valence-electron chi connectivity index (χ0n) is 13.4. The van der Waals surface area contributed by atoms with E-state index < -0.39 is 11.9 Å². The maximum Gasteiger partial charge on any atom is 0.239 e. The number of nitrogens with zero attached hydrogens (tertiary/aromatic N) is 1. The molecule has 2 aromatic carbocycles. The van der Waals surface area contributed by atoms with Gasteiger partial charge in [-0.25, -0.2) is 4.98 Å². The molecule has 5 nitrogen and oxygen atoms in total. The van der Waals surface area contributed by atoms with Crippen LogP contribution in [0.15, 0.2) is 60.7 Å². The lowest BCUT2D eigenvalue weighted by Gasteiger charge is -2.17. The van der Waals surface area contributed by atoms with Gasteiger partial charge < -0.3 is 10.5 Å². The highest BCUT2D eigenvalue weighted by atomic mass is 16.5. The van der Waals surface area contributed by atoms with E-state index >= 15 is 0 Å². The smallest absolute Gasteiger partial charge is 0.239 e. The van der Waals surface area contributed by atoms with E-state index in [2.05, 4.69) is 10.3 Å². The van der Waals surface area contributed by atoms with Crippen molar-refractivity contribution in [1.82, 2.24) is 10.3 Å². The molecule has 0 spiro atoms. The molecular formula is C19H19N3O2. The van der Waals surface area contributed by atoms with Gasteiger partial charge in [-0.2, -0.15) is 0 Å². The molecule has 1 atom stereocenters. The van der Waals surface area contributed by atoms with Gasteiger partial charge in [-0.3, -0.25) is 10.1 Å². The molecule has 1 heterocycles. The molecule has 1 amide bonds. The molecule has 0 fully saturated rings. The summed E-state index contributed by atoms with van der Waals surface area (Å²) in [6.45, 7) is 0.474. The molecule has 1 aromatic heterocycles. The van der Waals surface area contributed by atoms with E-state index in [1.54, 1.807) is 7.11 Å². The second-order valence-electron chi connectivity index (χ2n) is 5.47. The molecule has 0 bridgehead atoms. The topological polar surface area (TPSA) is 77.2 Å². The van der Waals surface area contributed by atoms with Crippen molar-refractivity contribution >= 4 is 16.8 Å². The van der Waals surface area contributed by atoms with E-state index in [4.69, 9.17) is 10.5 Å². The SMILES string of the molecule is COc1cc(CN[C@@H](C(N)=O)c2ccccc2)c2ccccc2n1. The van der Waals surface area contributed by atoms with Crippen molar-refractivity contribution < 1.29 is 9.53 Å². The lowest BCUT2D eigenvalue weighted by atomic mass is 10.0. The van der Waals surface area contributed by atoms with Gasteiger partial charge in [-0.1, -0.05) is 48.5 Å². The van der Waals surface area contributed by atoms with Gasteiger partial charge in [0.2, 0.25) is 11.8 Å². The number of nitrogens with two attached hydrogens (primary N) is 1. The number of fused-ring (bicyclic) bond motifs is 1. The number of ether oxygens (including phenoxy) is 1. The van der Waals surface area contributed by atoms with Gasteiger partial charge in [0.15, 0.2) is 0 Å². The van der Waals surface area contributed by atoms with Crippen molar-refractivity contribution in [1.29, 1.82) is 0 Å². The van der Waals surface area contributed by atoms with Crippen LogP contribution in [0.4, 0.5) is 0 Å². The fourth-order valence-corrected chi connectivity index (χ4v) is 2.71. The number of carbonyl (C=O) groups is 1. The Labute approximate surface area is 140 Å². The van der Waals surface area contributed by atoms with Crippen LogP contribution in [0.3, 0.4) is 0 Å². The van der Waals surface area contributed by atoms with E-state index in [-0.39, 0.29) is 0 Å². The van der Waals surface area contributed by atoms with E-state index in [1.807, 2.05) is 60.7 Å². The molecule has 0 aliphatic heterocycles. The summed E-state index contributed by atoms with van der Waals surface area (Å²) in [5.41, 5.74) is 8.26. The van der Waals surface area contributed by atoms with E-state index in [0.717, 1.165) is 22.0 Å². The molecule has 3 aromatic rings. The fourth-order valence-electron chi connectivity index (χ4n) is 2.71. The van der Waals surface area contributed by atoms with Crippen LogP contribution < -0.4 is 15.8 Å². The number of benzene rings is 2. The molecule has 24 heavy (non-hydrogen) atoms. The molecule has 0 unspecified atom stereocenters. The first-order chi connectivity index (χ1) is 11.7. The minimum absolute atomic E-state index is 0.411. The molecule has 3 N–H and O–H groups in total. The molecule has 0 radical (unpaired) electrons. The summed E-state index contributed by atoms with van der Waals surface area (Å²) < 4.78 is 5.27. The molecule has 0 saturated heterocycles. The Bertz CT molecular complexity index is 850. The fraction of sp³-hybridized carbons (Fsp3) is 0.158. The van der Waals surface area contributed by atoms with Gasteiger partial charge in [-0.15, -0.1) is 0 Å². The van der Waals surface area contributed by atoms with Crippen LogP contribution in [0, 0.1) is 0 Å². The predicted molar refractivity (Wildman–Crippen MR) is 93.5 cm³/mol. The second-order valence-corrected chi connectivity index (χ2v) is 5.47. The van der Waals surface area contributed by atoms with Gasteiger partial charge in [0.05, 0.1) is 12.6 Å². The number of methoxy groups -OCH3 is 1. The maximum absolute atomic E-state index is 11.8. The minimum Gasteiger partial charge on any atom is -0.481 e. The van der Waals surface area contributed by atoms with Crippen molar-refractivity contribution in [2.24, 2.45) is 5.73 Å². The summed E-state index contributed by atoms with van der Waals surface area (Å²) in [5.74, 6) is 0.132. The van der Waals surface area contributed by atoms with Gasteiger partial charge in [0.25, 0.3) is 0 Å². The van der Waals surface area contributed by atoms with Crippen LogP contribution in [0.1, 0.15) is 17.2 Å². The largest absolute Gasteiger partial charge is 0.481 e. The summed E-state index contributed by atoms with van der Waals surface area (Å²) in [4.78, 5) is 16.3. The maximum atomic E-state index is 11.8. The molecule has 3 rings (SSSR count). The van der Waals surface area contributed by atoms with Crippen molar-refractivity contribution in [3.05, 3.63) is 71.8 Å². The summed E-state index contributed by atoms with van der Waals surface area (Å²) in [6, 6.07) is 18.6. The van der Waals surface area contributed by atoms with E-state index in [9.17, 15) is 4.79 Å². The monoisotopic (exact) mass is 321 g/mol. The number of hydrogen-bond acceptors (Lipinski definition) is 4. The number of hydrogen-bond donors (Lipinski definition) is 2. The number of nitrogens with one attached hydrogen (secondary N) is 1. The highest BCUT2D eigenvalue weighted by molar-refractivity contribution is 5.83. The normalized spacial score (nSPS) is 12.0. The quantitative estimate of drug-likeness (QED) is 0.731. The average Bonchev–Trinajstić information content (AvgIpc) is 2.62. The predicted octanol–water partition coefficient (Wildman–Crippen LogP) is 2.56. The van der Waals surface area contributed by atoms with Crippen LogP contribution in [0.2, 0.25) is 0 Å². The zero-order valence-corrected chi connectivity index (χ0v) is 13.4. The number of rotatable bonds is 6. The van der Waals surface area contributed by atoms with Gasteiger partial charge in [0, 0.05) is 18.0 Å². The number of amides is 1. The number of para-hydroxylation sites is 1. The third-order valence-electron chi connectivity index (χ3n) is 3.90. The van der Waals surface area contributed by atoms with Crippen molar-refractivity contribution in [2.45, 2.75) is 12.6 Å². The Balaban J connectivity index is 1.90. The molecular weight excluding hydrogens is 302 g/mol. The molecule has 0 saturated carbocycles. The lowest BCUT2D eigenvalue weighted by Crippen LogP contribution is -2.33. The first kappa shape index (κ1) is 16.0. The highest BCUT2D eigenvalue weighted by Gasteiger charge is 2.17. The van der Waals surface area contributed by atoms with Crippen LogP contribution in [-0.2, 0) is 11.3 Å². The highest BCUT2D eigenvalue weighted by Crippen LogP contribution is 2.23. The Morgan fingerprint density at radius 1 is 1.17 bits per heavy atom. The number of aromatic nitrogens is 1. The third kappa shape index (κ3) is 3.36. The summed E-state index contributed by atoms with van der Waals surface area (Å²) >= 11 is 0. The Morgan fingerprint density at radius 2 is 1.88 bits per heavy atom. The zero-order chi connectivity index (χ0) is 16.9. The van der Waals surface area contributed by atoms with E-state index in [1.165, 1.54) is 0 Å². The second kappa shape index (κ2) is 7.10. The van der Waals surface area contributed by atoms with Gasteiger partial charge in [0.1, 0.15) is 6.04 Å².